The van der Waals surface area contributed by atoms with Gasteiger partial charge in [0, 0.05) is 13.6 Å². The molecule has 1 saturated carbocycles. The first-order valence-corrected chi connectivity index (χ1v) is 7.52. The topological polar surface area (TPSA) is 57.6 Å². The van der Waals surface area contributed by atoms with Gasteiger partial charge in [-0.05, 0) is 18.8 Å². The largest absolute Gasteiger partial charge is 0.389 e. The van der Waals surface area contributed by atoms with E-state index in [0.717, 1.165) is 12.8 Å². The second-order valence-corrected chi connectivity index (χ2v) is 7.48. The summed E-state index contributed by atoms with van der Waals surface area (Å²) in [6, 6.07) is 0. The van der Waals surface area contributed by atoms with Gasteiger partial charge in [0.1, 0.15) is 0 Å². The van der Waals surface area contributed by atoms with Gasteiger partial charge >= 0.3 is 0 Å². The molecule has 0 heterocycles. The van der Waals surface area contributed by atoms with Gasteiger partial charge in [-0.1, -0.05) is 26.7 Å². The molecule has 0 atom stereocenters. The lowest BCUT2D eigenvalue weighted by molar-refractivity contribution is 0.0333. The van der Waals surface area contributed by atoms with E-state index in [1.165, 1.54) is 4.31 Å². The highest BCUT2D eigenvalue weighted by atomic mass is 32.2. The fourth-order valence-corrected chi connectivity index (χ4v) is 3.79. The van der Waals surface area contributed by atoms with Crippen molar-refractivity contribution in [3.63, 3.8) is 0 Å². The molecule has 0 aromatic rings. The molecule has 0 unspecified atom stereocenters. The van der Waals surface area contributed by atoms with Gasteiger partial charge in [0.25, 0.3) is 0 Å². The van der Waals surface area contributed by atoms with Crippen LogP contribution in [-0.4, -0.2) is 42.8 Å². The average Bonchev–Trinajstić information content (AvgIpc) is 2.49. The lowest BCUT2D eigenvalue weighted by atomic mass is 10.0. The Bertz CT molecular complexity index is 318. The molecule has 4 nitrogen and oxygen atoms in total. The molecule has 0 radical (unpaired) electrons. The fraction of sp³-hybridized carbons (Fsp3) is 1.00. The van der Waals surface area contributed by atoms with E-state index in [4.69, 9.17) is 0 Å². The second-order valence-electron chi connectivity index (χ2n) is 5.36. The van der Waals surface area contributed by atoms with Gasteiger partial charge in [0.05, 0.1) is 11.4 Å². The normalized spacial score (nSPS) is 20.9. The van der Waals surface area contributed by atoms with E-state index in [1.807, 2.05) is 13.8 Å². The Morgan fingerprint density at radius 2 is 1.81 bits per heavy atom. The SMILES string of the molecule is CC(C)CS(=O)(=O)N(C)CC1(O)CCCC1. The summed E-state index contributed by atoms with van der Waals surface area (Å²) in [4.78, 5) is 0. The van der Waals surface area contributed by atoms with E-state index in [9.17, 15) is 13.5 Å². The van der Waals surface area contributed by atoms with Crippen LogP contribution in [-0.2, 0) is 10.0 Å². The van der Waals surface area contributed by atoms with Crippen molar-refractivity contribution < 1.29 is 13.5 Å². The second kappa shape index (κ2) is 5.02. The number of likely N-dealkylation sites (N-methyl/N-ethyl adjacent to an activating group) is 1. The molecule has 0 bridgehead atoms. The van der Waals surface area contributed by atoms with E-state index in [2.05, 4.69) is 0 Å². The molecule has 0 aromatic heterocycles. The van der Waals surface area contributed by atoms with Crippen molar-refractivity contribution in [2.24, 2.45) is 5.92 Å². The van der Waals surface area contributed by atoms with Gasteiger partial charge in [0.15, 0.2) is 0 Å². The summed E-state index contributed by atoms with van der Waals surface area (Å²) in [6.45, 7) is 4.01. The van der Waals surface area contributed by atoms with Crippen molar-refractivity contribution in [3.05, 3.63) is 0 Å². The Morgan fingerprint density at radius 3 is 2.25 bits per heavy atom. The van der Waals surface area contributed by atoms with Gasteiger partial charge < -0.3 is 5.11 Å². The Labute approximate surface area is 98.7 Å². The molecular formula is C11H23NO3S. The molecule has 5 heteroatoms. The van der Waals surface area contributed by atoms with Crippen molar-refractivity contribution >= 4 is 10.0 Å². The molecule has 1 fully saturated rings. The molecule has 0 amide bonds. The van der Waals surface area contributed by atoms with Gasteiger partial charge in [-0.25, -0.2) is 12.7 Å². The molecule has 0 aliphatic heterocycles. The summed E-state index contributed by atoms with van der Waals surface area (Å²) in [5, 5.41) is 10.2. The van der Waals surface area contributed by atoms with E-state index >= 15 is 0 Å². The molecule has 1 N–H and O–H groups in total. The number of aliphatic hydroxyl groups is 1. The highest BCUT2D eigenvalue weighted by Crippen LogP contribution is 2.30. The van der Waals surface area contributed by atoms with Crippen LogP contribution in [0, 0.1) is 5.92 Å². The predicted octanol–water partition coefficient (Wildman–Crippen LogP) is 1.21. The third-order valence-electron chi connectivity index (χ3n) is 3.07. The maximum Gasteiger partial charge on any atom is 0.214 e. The molecule has 1 aliphatic rings. The number of nitrogens with zero attached hydrogens (tertiary/aromatic N) is 1. The lowest BCUT2D eigenvalue weighted by Crippen LogP contribution is -2.43. The monoisotopic (exact) mass is 249 g/mol. The van der Waals surface area contributed by atoms with Gasteiger partial charge in [0.2, 0.25) is 10.0 Å². The summed E-state index contributed by atoms with van der Waals surface area (Å²) in [6.07, 6.45) is 3.42. The molecule has 0 spiro atoms. The first kappa shape index (κ1) is 13.9. The van der Waals surface area contributed by atoms with Crippen LogP contribution in [0.4, 0.5) is 0 Å². The highest BCUT2D eigenvalue weighted by Gasteiger charge is 2.35. The van der Waals surface area contributed by atoms with Crippen LogP contribution in [0.3, 0.4) is 0 Å². The van der Waals surface area contributed by atoms with Crippen LogP contribution in [0.1, 0.15) is 39.5 Å². The van der Waals surface area contributed by atoms with Crippen LogP contribution in [0.5, 0.6) is 0 Å². The van der Waals surface area contributed by atoms with Crippen molar-refractivity contribution in [1.29, 1.82) is 0 Å². The van der Waals surface area contributed by atoms with Crippen LogP contribution < -0.4 is 0 Å². The van der Waals surface area contributed by atoms with Crippen molar-refractivity contribution in [2.45, 2.75) is 45.1 Å². The minimum Gasteiger partial charge on any atom is -0.389 e. The predicted molar refractivity (Wildman–Crippen MR) is 64.7 cm³/mol. The maximum absolute atomic E-state index is 11.9. The van der Waals surface area contributed by atoms with E-state index < -0.39 is 15.6 Å². The van der Waals surface area contributed by atoms with Crippen molar-refractivity contribution in [2.75, 3.05) is 19.3 Å². The standard InChI is InChI=1S/C11H23NO3S/c1-10(2)8-16(14,15)12(3)9-11(13)6-4-5-7-11/h10,13H,4-9H2,1-3H3. The Kier molecular flexibility index (Phi) is 4.37. The molecule has 1 rings (SSSR count). The molecule has 1 aliphatic carbocycles. The smallest absolute Gasteiger partial charge is 0.214 e. The number of hydrogen-bond donors (Lipinski definition) is 1. The molecule has 96 valence electrons. The summed E-state index contributed by atoms with van der Waals surface area (Å²) >= 11 is 0. The zero-order valence-electron chi connectivity index (χ0n) is 10.4. The van der Waals surface area contributed by atoms with E-state index in [1.54, 1.807) is 7.05 Å². The van der Waals surface area contributed by atoms with Crippen LogP contribution >= 0.6 is 0 Å². The summed E-state index contributed by atoms with van der Waals surface area (Å²) < 4.78 is 25.1. The summed E-state index contributed by atoms with van der Waals surface area (Å²) in [5.41, 5.74) is -0.793. The molecule has 0 aromatic carbocycles. The Morgan fingerprint density at radius 1 is 1.31 bits per heavy atom. The van der Waals surface area contributed by atoms with Gasteiger partial charge in [-0.3, -0.25) is 0 Å². The molecule has 0 saturated heterocycles. The van der Waals surface area contributed by atoms with Crippen molar-refractivity contribution in [3.8, 4) is 0 Å². The highest BCUT2D eigenvalue weighted by molar-refractivity contribution is 7.89. The third-order valence-corrected chi connectivity index (χ3v) is 5.24. The third kappa shape index (κ3) is 3.71. The first-order valence-electron chi connectivity index (χ1n) is 5.92. The molecule has 16 heavy (non-hydrogen) atoms. The lowest BCUT2D eigenvalue weighted by Gasteiger charge is -2.28. The quantitative estimate of drug-likeness (QED) is 0.796. The minimum atomic E-state index is -3.21. The van der Waals surface area contributed by atoms with E-state index in [-0.39, 0.29) is 18.2 Å². The van der Waals surface area contributed by atoms with Crippen LogP contribution in [0.15, 0.2) is 0 Å². The van der Waals surface area contributed by atoms with Gasteiger partial charge in [-0.15, -0.1) is 0 Å². The number of hydrogen-bond acceptors (Lipinski definition) is 3. The Hall–Kier alpha value is -0.130. The summed E-state index contributed by atoms with van der Waals surface area (Å²) in [7, 11) is -1.65. The van der Waals surface area contributed by atoms with Crippen LogP contribution in [0.2, 0.25) is 0 Å². The summed E-state index contributed by atoms with van der Waals surface area (Å²) in [5.74, 6) is 0.269. The van der Waals surface area contributed by atoms with Crippen molar-refractivity contribution in [1.82, 2.24) is 4.31 Å². The zero-order chi connectivity index (χ0) is 12.4. The maximum atomic E-state index is 11.9. The fourth-order valence-electron chi connectivity index (χ4n) is 2.25. The minimum absolute atomic E-state index is 0.116. The first-order chi connectivity index (χ1) is 7.25. The Balaban J connectivity index is 2.60. The average molecular weight is 249 g/mol. The van der Waals surface area contributed by atoms with Crippen LogP contribution in [0.25, 0.3) is 0 Å². The number of rotatable bonds is 5. The molecular weight excluding hydrogens is 226 g/mol. The van der Waals surface area contributed by atoms with Gasteiger partial charge in [-0.2, -0.15) is 0 Å². The zero-order valence-corrected chi connectivity index (χ0v) is 11.3. The van der Waals surface area contributed by atoms with E-state index in [0.29, 0.717) is 12.8 Å². The number of sulfonamides is 1.